The fraction of sp³-hybridized carbons (Fsp3) is 0.464. The minimum Gasteiger partial charge on any atom is -0.481 e. The van der Waals surface area contributed by atoms with Crippen LogP contribution in [0.5, 0.6) is 0 Å². The van der Waals surface area contributed by atoms with Crippen LogP contribution in [-0.4, -0.2) is 39.2 Å². The Morgan fingerprint density at radius 1 is 0.941 bits per heavy atom. The molecule has 1 aliphatic rings. The number of hydrogen-bond acceptors (Lipinski definition) is 5. The van der Waals surface area contributed by atoms with Crippen molar-refractivity contribution in [2.24, 2.45) is 5.92 Å². The lowest BCUT2D eigenvalue weighted by molar-refractivity contribution is -0.147. The molecule has 1 N–H and O–H groups in total. The first-order valence-electron chi connectivity index (χ1n) is 12.6. The number of benzene rings is 2. The molecular formula is C28H39N3O3. The van der Waals surface area contributed by atoms with E-state index in [9.17, 15) is 4.79 Å². The van der Waals surface area contributed by atoms with E-state index >= 15 is 0 Å². The minimum atomic E-state index is -0.708. The third-order valence-electron chi connectivity index (χ3n) is 5.62. The van der Waals surface area contributed by atoms with Crippen molar-refractivity contribution in [3.05, 3.63) is 59.7 Å². The van der Waals surface area contributed by atoms with Crippen molar-refractivity contribution < 1.29 is 14.4 Å². The molecule has 0 unspecified atom stereocenters. The van der Waals surface area contributed by atoms with Gasteiger partial charge in [-0.2, -0.15) is 4.98 Å². The molecule has 0 bridgehead atoms. The summed E-state index contributed by atoms with van der Waals surface area (Å²) in [6.45, 7) is 12.2. The lowest BCUT2D eigenvalue weighted by atomic mass is 9.99. The molecule has 6 heteroatoms. The van der Waals surface area contributed by atoms with Gasteiger partial charge >= 0.3 is 5.97 Å². The first kappa shape index (κ1) is 27.3. The highest BCUT2D eigenvalue weighted by Gasteiger charge is 2.32. The smallest absolute Gasteiger partial charge is 0.309 e. The molecule has 184 valence electrons. The van der Waals surface area contributed by atoms with Gasteiger partial charge in [0.2, 0.25) is 5.82 Å². The van der Waals surface area contributed by atoms with Crippen LogP contribution in [-0.2, 0) is 17.8 Å². The molecule has 2 heterocycles. The topological polar surface area (TPSA) is 79.5 Å². The third kappa shape index (κ3) is 7.52. The van der Waals surface area contributed by atoms with Crippen LogP contribution in [0.4, 0.5) is 0 Å². The quantitative estimate of drug-likeness (QED) is 0.354. The van der Waals surface area contributed by atoms with E-state index in [2.05, 4.69) is 34.1 Å². The molecule has 4 rings (SSSR count). The molecule has 1 saturated heterocycles. The Balaban J connectivity index is 0.000000970. The maximum Gasteiger partial charge on any atom is 0.309 e. The summed E-state index contributed by atoms with van der Waals surface area (Å²) in [4.78, 5) is 17.6. The maximum absolute atomic E-state index is 10.9. The van der Waals surface area contributed by atoms with Crippen molar-refractivity contribution in [2.45, 2.75) is 66.8 Å². The van der Waals surface area contributed by atoms with Crippen molar-refractivity contribution in [3.8, 4) is 22.8 Å². The second-order valence-corrected chi connectivity index (χ2v) is 8.00. The first-order valence-corrected chi connectivity index (χ1v) is 12.6. The van der Waals surface area contributed by atoms with E-state index in [1.54, 1.807) is 0 Å². The van der Waals surface area contributed by atoms with Crippen molar-refractivity contribution in [3.63, 3.8) is 0 Å². The number of likely N-dealkylation sites (tertiary alicyclic amines) is 1. The molecule has 0 atom stereocenters. The molecule has 6 nitrogen and oxygen atoms in total. The van der Waals surface area contributed by atoms with Crippen molar-refractivity contribution >= 4 is 5.97 Å². The maximum atomic E-state index is 10.9. The largest absolute Gasteiger partial charge is 0.481 e. The molecule has 3 aromatic rings. The fourth-order valence-corrected chi connectivity index (χ4v) is 3.72. The van der Waals surface area contributed by atoms with E-state index in [1.807, 2.05) is 64.1 Å². The van der Waals surface area contributed by atoms with Gasteiger partial charge in [0.25, 0.3) is 5.89 Å². The average molecular weight is 466 g/mol. The van der Waals surface area contributed by atoms with Crippen LogP contribution >= 0.6 is 0 Å². The second-order valence-electron chi connectivity index (χ2n) is 8.00. The van der Waals surface area contributed by atoms with E-state index in [-0.39, 0.29) is 5.92 Å². The normalized spacial score (nSPS) is 13.2. The highest BCUT2D eigenvalue weighted by Crippen LogP contribution is 2.24. The Kier molecular flexibility index (Phi) is 11.5. The minimum absolute atomic E-state index is 0.229. The van der Waals surface area contributed by atoms with Gasteiger partial charge in [-0.3, -0.25) is 9.69 Å². The van der Waals surface area contributed by atoms with E-state index in [4.69, 9.17) is 9.63 Å². The van der Waals surface area contributed by atoms with Crippen molar-refractivity contribution in [1.82, 2.24) is 15.0 Å². The van der Waals surface area contributed by atoms with Crippen LogP contribution in [0.2, 0.25) is 0 Å². The Morgan fingerprint density at radius 2 is 1.53 bits per heavy atom. The monoisotopic (exact) mass is 465 g/mol. The molecule has 0 aliphatic carbocycles. The molecule has 2 aromatic carbocycles. The molecule has 0 radical (unpaired) electrons. The van der Waals surface area contributed by atoms with E-state index < -0.39 is 5.97 Å². The number of carboxylic acid groups (broad SMARTS) is 1. The molecular weight excluding hydrogens is 426 g/mol. The number of unbranched alkanes of at least 4 members (excludes halogenated alkanes) is 2. The summed E-state index contributed by atoms with van der Waals surface area (Å²) in [5, 5.41) is 13.1. The van der Waals surface area contributed by atoms with Crippen LogP contribution in [0, 0.1) is 5.92 Å². The Hall–Kier alpha value is -2.99. The Labute approximate surface area is 204 Å². The standard InChI is InChI=1S/C24H27N3O3.2C2H6/c1-2-3-4-5-17-6-12-20(13-7-17)23-25-22(26-30-23)19-10-8-18(9-11-19)14-27-15-21(16-27)24(28)29;2*1-2/h6-13,21H,2-5,14-16H2,1H3,(H,28,29);2*1-2H3. The summed E-state index contributed by atoms with van der Waals surface area (Å²) in [5.41, 5.74) is 4.30. The number of aliphatic carboxylic acids is 1. The zero-order valence-corrected chi connectivity index (χ0v) is 21.3. The van der Waals surface area contributed by atoms with Gasteiger partial charge in [0.15, 0.2) is 0 Å². The van der Waals surface area contributed by atoms with Gasteiger partial charge in [-0.05, 0) is 36.1 Å². The summed E-state index contributed by atoms with van der Waals surface area (Å²) in [5.74, 6) is 0.154. The number of rotatable bonds is 9. The Morgan fingerprint density at radius 3 is 2.12 bits per heavy atom. The summed E-state index contributed by atoms with van der Waals surface area (Å²) in [7, 11) is 0. The van der Waals surface area contributed by atoms with Gasteiger partial charge in [-0.25, -0.2) is 0 Å². The zero-order valence-electron chi connectivity index (χ0n) is 21.3. The van der Waals surface area contributed by atoms with Crippen LogP contribution in [0.3, 0.4) is 0 Å². The van der Waals surface area contributed by atoms with Gasteiger partial charge < -0.3 is 9.63 Å². The zero-order chi connectivity index (χ0) is 24.9. The van der Waals surface area contributed by atoms with Crippen LogP contribution in [0.25, 0.3) is 22.8 Å². The van der Waals surface area contributed by atoms with E-state index in [0.29, 0.717) is 24.8 Å². The summed E-state index contributed by atoms with van der Waals surface area (Å²) >= 11 is 0. The average Bonchev–Trinajstić information content (AvgIpc) is 3.35. The highest BCUT2D eigenvalue weighted by molar-refractivity contribution is 5.71. The lowest BCUT2D eigenvalue weighted by Crippen LogP contribution is -2.49. The predicted molar refractivity (Wildman–Crippen MR) is 137 cm³/mol. The van der Waals surface area contributed by atoms with Gasteiger partial charge in [-0.15, -0.1) is 0 Å². The molecule has 0 spiro atoms. The van der Waals surface area contributed by atoms with Gasteiger partial charge in [0, 0.05) is 30.8 Å². The predicted octanol–water partition coefficient (Wildman–Crippen LogP) is 6.71. The molecule has 1 fully saturated rings. The number of hydrogen-bond donors (Lipinski definition) is 1. The van der Waals surface area contributed by atoms with Gasteiger partial charge in [0.1, 0.15) is 0 Å². The summed E-state index contributed by atoms with van der Waals surface area (Å²) < 4.78 is 5.47. The third-order valence-corrected chi connectivity index (χ3v) is 5.62. The first-order chi connectivity index (χ1) is 16.6. The second kappa shape index (κ2) is 14.3. The van der Waals surface area contributed by atoms with Gasteiger partial charge in [-0.1, -0.05) is 89.0 Å². The highest BCUT2D eigenvalue weighted by atomic mass is 16.5. The lowest BCUT2D eigenvalue weighted by Gasteiger charge is -2.36. The molecule has 1 aromatic heterocycles. The van der Waals surface area contributed by atoms with Crippen molar-refractivity contribution in [2.75, 3.05) is 13.1 Å². The molecule has 0 saturated carbocycles. The Bertz CT molecular complexity index is 975. The number of aromatic nitrogens is 2. The van der Waals surface area contributed by atoms with Crippen LogP contribution < -0.4 is 0 Å². The fourth-order valence-electron chi connectivity index (χ4n) is 3.72. The molecule has 34 heavy (non-hydrogen) atoms. The summed E-state index contributed by atoms with van der Waals surface area (Å²) in [6, 6.07) is 16.4. The number of carbonyl (C=O) groups is 1. The molecule has 1 aliphatic heterocycles. The number of nitrogens with zero attached hydrogens (tertiary/aromatic N) is 3. The van der Waals surface area contributed by atoms with Crippen molar-refractivity contribution in [1.29, 1.82) is 0 Å². The van der Waals surface area contributed by atoms with E-state index in [0.717, 1.165) is 29.7 Å². The number of carboxylic acids is 1. The van der Waals surface area contributed by atoms with Crippen LogP contribution in [0.1, 0.15) is 65.0 Å². The SMILES string of the molecule is CC.CC.CCCCCc1ccc(-c2nc(-c3ccc(CN4CC(C(=O)O)C4)cc3)no2)cc1. The van der Waals surface area contributed by atoms with Gasteiger partial charge in [0.05, 0.1) is 5.92 Å². The molecule has 0 amide bonds. The van der Waals surface area contributed by atoms with Crippen LogP contribution in [0.15, 0.2) is 53.1 Å². The summed E-state index contributed by atoms with van der Waals surface area (Å²) in [6.07, 6.45) is 4.81. The van der Waals surface area contributed by atoms with E-state index in [1.165, 1.54) is 24.8 Å². The number of aryl methyl sites for hydroxylation is 1.